The molecule has 0 aliphatic carbocycles. The van der Waals surface area contributed by atoms with Crippen LogP contribution >= 0.6 is 0 Å². The summed E-state index contributed by atoms with van der Waals surface area (Å²) in [5.74, 6) is -0.866. The van der Waals surface area contributed by atoms with Gasteiger partial charge in [-0.25, -0.2) is 0 Å². The first-order chi connectivity index (χ1) is 36.0. The molecule has 0 aromatic carbocycles. The minimum Gasteiger partial charge on any atom is -0.462 e. The number of unbranched alkanes of at least 4 members (excludes halogenated alkanes) is 46. The minimum atomic E-state index is -0.767. The van der Waals surface area contributed by atoms with Gasteiger partial charge in [-0.05, 0) is 70.6 Å². The van der Waals surface area contributed by atoms with Crippen LogP contribution in [-0.2, 0) is 28.6 Å². The van der Waals surface area contributed by atoms with Gasteiger partial charge in [0, 0.05) is 19.3 Å². The van der Waals surface area contributed by atoms with Crippen molar-refractivity contribution in [3.05, 3.63) is 24.3 Å². The zero-order valence-electron chi connectivity index (χ0n) is 49.4. The van der Waals surface area contributed by atoms with E-state index in [1.165, 1.54) is 263 Å². The van der Waals surface area contributed by atoms with Crippen LogP contribution in [0.2, 0.25) is 0 Å². The molecule has 0 fully saturated rings. The quantitative estimate of drug-likeness (QED) is 0.0261. The summed E-state index contributed by atoms with van der Waals surface area (Å²) in [7, 11) is 0. The largest absolute Gasteiger partial charge is 0.462 e. The fraction of sp³-hybridized carbons (Fsp3) is 0.896. The van der Waals surface area contributed by atoms with E-state index in [1.807, 2.05) is 0 Å². The molecule has 0 bridgehead atoms. The zero-order chi connectivity index (χ0) is 52.9. The lowest BCUT2D eigenvalue weighted by Crippen LogP contribution is -2.30. The highest BCUT2D eigenvalue weighted by atomic mass is 16.6. The van der Waals surface area contributed by atoms with Gasteiger partial charge in [-0.2, -0.15) is 0 Å². The monoisotopic (exact) mass is 1030 g/mol. The summed E-state index contributed by atoms with van der Waals surface area (Å²) >= 11 is 0. The number of esters is 3. The Morgan fingerprint density at radius 2 is 0.452 bits per heavy atom. The third-order valence-electron chi connectivity index (χ3n) is 14.9. The maximum atomic E-state index is 12.8. The summed E-state index contributed by atoms with van der Waals surface area (Å²) in [6.45, 7) is 6.60. The molecule has 0 radical (unpaired) electrons. The summed E-state index contributed by atoms with van der Waals surface area (Å²) in [4.78, 5) is 37.9. The van der Waals surface area contributed by atoms with Crippen LogP contribution in [0.4, 0.5) is 0 Å². The van der Waals surface area contributed by atoms with E-state index < -0.39 is 6.10 Å². The van der Waals surface area contributed by atoms with E-state index in [4.69, 9.17) is 14.2 Å². The van der Waals surface area contributed by atoms with E-state index in [0.29, 0.717) is 19.3 Å². The molecule has 0 aliphatic rings. The molecule has 0 aromatic rings. The predicted octanol–water partition coefficient (Wildman–Crippen LogP) is 22.2. The number of rotatable bonds is 61. The number of hydrogen-bond donors (Lipinski definition) is 0. The Bertz CT molecular complexity index is 1180. The van der Waals surface area contributed by atoms with Gasteiger partial charge in [-0.1, -0.05) is 302 Å². The third kappa shape index (κ3) is 60.6. The Hall–Kier alpha value is -2.11. The summed E-state index contributed by atoms with van der Waals surface area (Å²) in [5, 5.41) is 0. The molecule has 0 N–H and O–H groups in total. The summed E-state index contributed by atoms with van der Waals surface area (Å²) in [6.07, 6.45) is 75.5. The van der Waals surface area contributed by atoms with Crippen LogP contribution in [0.1, 0.15) is 367 Å². The van der Waals surface area contributed by atoms with Crippen LogP contribution in [0.3, 0.4) is 0 Å². The molecule has 0 aromatic heterocycles. The summed E-state index contributed by atoms with van der Waals surface area (Å²) in [5.41, 5.74) is 0. The number of allylic oxidation sites excluding steroid dienone is 4. The van der Waals surface area contributed by atoms with Gasteiger partial charge in [0.2, 0.25) is 0 Å². The minimum absolute atomic E-state index is 0.0685. The second-order valence-electron chi connectivity index (χ2n) is 22.4. The first kappa shape index (κ1) is 70.9. The molecular formula is C67H126O6. The molecule has 0 aliphatic heterocycles. The Labute approximate surface area is 455 Å². The first-order valence-corrected chi connectivity index (χ1v) is 32.8. The molecule has 1 unspecified atom stereocenters. The lowest BCUT2D eigenvalue weighted by molar-refractivity contribution is -0.167. The van der Waals surface area contributed by atoms with Crippen molar-refractivity contribution >= 4 is 17.9 Å². The van der Waals surface area contributed by atoms with Crippen molar-refractivity contribution in [2.75, 3.05) is 13.2 Å². The van der Waals surface area contributed by atoms with Crippen LogP contribution < -0.4 is 0 Å². The smallest absolute Gasteiger partial charge is 0.306 e. The van der Waals surface area contributed by atoms with E-state index in [-0.39, 0.29) is 31.1 Å². The Morgan fingerprint density at radius 3 is 0.685 bits per heavy atom. The molecule has 0 rings (SSSR count). The maximum absolute atomic E-state index is 12.8. The van der Waals surface area contributed by atoms with Crippen molar-refractivity contribution in [1.29, 1.82) is 0 Å². The van der Waals surface area contributed by atoms with Crippen LogP contribution in [0.25, 0.3) is 0 Å². The topological polar surface area (TPSA) is 78.9 Å². The molecule has 0 heterocycles. The van der Waals surface area contributed by atoms with Gasteiger partial charge in [0.05, 0.1) is 0 Å². The van der Waals surface area contributed by atoms with Gasteiger partial charge in [0.1, 0.15) is 13.2 Å². The number of carbonyl (C=O) groups is 3. The average molecular weight is 1030 g/mol. The fourth-order valence-electron chi connectivity index (χ4n) is 9.97. The standard InChI is InChI=1S/C67H126O6/c1-4-7-10-13-15-17-19-21-23-25-26-27-28-29-30-31-32-33-34-35-36-37-38-39-40-42-43-45-47-49-51-54-57-60-66(69)72-63-64(62-71-65(68)59-56-53-12-9-6-3)73-67(70)61-58-55-52-50-48-46-44-41-24-22-20-18-16-14-11-8-5-2/h22,24-26,64H,4-21,23,27-63H2,1-3H3/b24-22-,26-25-. The zero-order valence-corrected chi connectivity index (χ0v) is 49.4. The first-order valence-electron chi connectivity index (χ1n) is 32.8. The van der Waals surface area contributed by atoms with E-state index in [1.54, 1.807) is 0 Å². The van der Waals surface area contributed by atoms with Crippen molar-refractivity contribution < 1.29 is 28.6 Å². The number of hydrogen-bond acceptors (Lipinski definition) is 6. The molecule has 6 heteroatoms. The molecular weight excluding hydrogens is 901 g/mol. The Balaban J connectivity index is 3.88. The van der Waals surface area contributed by atoms with Gasteiger partial charge in [-0.3, -0.25) is 14.4 Å². The molecule has 430 valence electrons. The maximum Gasteiger partial charge on any atom is 0.306 e. The second-order valence-corrected chi connectivity index (χ2v) is 22.4. The normalized spacial score (nSPS) is 12.1. The van der Waals surface area contributed by atoms with E-state index in [2.05, 4.69) is 45.1 Å². The number of carbonyl (C=O) groups excluding carboxylic acids is 3. The third-order valence-corrected chi connectivity index (χ3v) is 14.9. The van der Waals surface area contributed by atoms with Gasteiger partial charge in [-0.15, -0.1) is 0 Å². The van der Waals surface area contributed by atoms with Crippen molar-refractivity contribution in [3.8, 4) is 0 Å². The van der Waals surface area contributed by atoms with Crippen molar-refractivity contribution in [1.82, 2.24) is 0 Å². The lowest BCUT2D eigenvalue weighted by Gasteiger charge is -2.18. The summed E-state index contributed by atoms with van der Waals surface area (Å²) < 4.78 is 16.8. The molecule has 0 saturated carbocycles. The molecule has 6 nitrogen and oxygen atoms in total. The molecule has 0 saturated heterocycles. The molecule has 1 atom stereocenters. The van der Waals surface area contributed by atoms with Gasteiger partial charge < -0.3 is 14.2 Å². The Morgan fingerprint density at radius 1 is 0.260 bits per heavy atom. The van der Waals surface area contributed by atoms with E-state index in [9.17, 15) is 14.4 Å². The van der Waals surface area contributed by atoms with Gasteiger partial charge >= 0.3 is 17.9 Å². The number of ether oxygens (including phenoxy) is 3. The van der Waals surface area contributed by atoms with Crippen LogP contribution in [0.5, 0.6) is 0 Å². The highest BCUT2D eigenvalue weighted by Gasteiger charge is 2.19. The van der Waals surface area contributed by atoms with Crippen molar-refractivity contribution in [2.24, 2.45) is 0 Å². The lowest BCUT2D eigenvalue weighted by atomic mass is 10.0. The van der Waals surface area contributed by atoms with E-state index >= 15 is 0 Å². The average Bonchev–Trinajstić information content (AvgIpc) is 3.39. The van der Waals surface area contributed by atoms with Crippen LogP contribution in [0.15, 0.2) is 24.3 Å². The Kier molecular flexibility index (Phi) is 60.6. The fourth-order valence-corrected chi connectivity index (χ4v) is 9.97. The van der Waals surface area contributed by atoms with Gasteiger partial charge in [0.25, 0.3) is 0 Å². The second kappa shape index (κ2) is 62.4. The van der Waals surface area contributed by atoms with Crippen molar-refractivity contribution in [3.63, 3.8) is 0 Å². The molecule has 0 amide bonds. The van der Waals surface area contributed by atoms with Crippen LogP contribution in [-0.4, -0.2) is 37.2 Å². The molecule has 73 heavy (non-hydrogen) atoms. The van der Waals surface area contributed by atoms with E-state index in [0.717, 1.165) is 64.2 Å². The highest BCUT2D eigenvalue weighted by molar-refractivity contribution is 5.71. The van der Waals surface area contributed by atoms with Crippen molar-refractivity contribution in [2.45, 2.75) is 374 Å². The SMILES string of the molecule is CCCCCCCC/C=C\CCCCCCCCCC(=O)OC(COC(=O)CCCCCCC)COC(=O)CCCCCCCCCCCCCCCCCCCCCCC/C=C\CCCCCCCCCC. The summed E-state index contributed by atoms with van der Waals surface area (Å²) in [6, 6.07) is 0. The molecule has 0 spiro atoms. The predicted molar refractivity (Wildman–Crippen MR) is 316 cm³/mol. The van der Waals surface area contributed by atoms with Gasteiger partial charge in [0.15, 0.2) is 6.10 Å². The highest BCUT2D eigenvalue weighted by Crippen LogP contribution is 2.18. The van der Waals surface area contributed by atoms with Crippen LogP contribution in [0, 0.1) is 0 Å².